The fourth-order valence-electron chi connectivity index (χ4n) is 4.19. The van der Waals surface area contributed by atoms with Gasteiger partial charge in [0.1, 0.15) is 17.4 Å². The molecule has 1 atom stereocenters. The van der Waals surface area contributed by atoms with Crippen LogP contribution in [-0.2, 0) is 4.79 Å². The van der Waals surface area contributed by atoms with E-state index >= 15 is 0 Å². The van der Waals surface area contributed by atoms with Crippen LogP contribution in [0, 0.1) is 18.3 Å². The van der Waals surface area contributed by atoms with E-state index in [-0.39, 0.29) is 11.1 Å². The van der Waals surface area contributed by atoms with Crippen molar-refractivity contribution >= 4 is 23.4 Å². The molecule has 1 amide bonds. The fraction of sp³-hybridized carbons (Fsp3) is 0.385. The van der Waals surface area contributed by atoms with Crippen LogP contribution in [-0.4, -0.2) is 25.1 Å². The Balaban J connectivity index is 1.88. The lowest BCUT2D eigenvalue weighted by Crippen LogP contribution is -2.45. The Hall–Kier alpha value is -3.26. The number of carbonyl (C=O) groups is 1. The molecule has 2 aromatic carbocycles. The smallest absolute Gasteiger partial charge is 0.266 e. The number of nitrogens with one attached hydrogen (secondary N) is 1. The molecule has 2 aromatic rings. The molecule has 1 aliphatic rings. The second kappa shape index (κ2) is 8.85. The summed E-state index contributed by atoms with van der Waals surface area (Å²) in [6, 6.07) is 13.5. The minimum atomic E-state index is -0.421. The Morgan fingerprint density at radius 2 is 2.00 bits per heavy atom. The van der Waals surface area contributed by atoms with Gasteiger partial charge in [0.05, 0.1) is 6.61 Å². The minimum absolute atomic E-state index is 0.0779. The lowest BCUT2D eigenvalue weighted by molar-refractivity contribution is -0.112. The van der Waals surface area contributed by atoms with Gasteiger partial charge in [-0.3, -0.25) is 4.79 Å². The maximum atomic E-state index is 12.7. The first-order valence-electron chi connectivity index (χ1n) is 10.7. The number of hydrogen-bond acceptors (Lipinski definition) is 4. The molecule has 31 heavy (non-hydrogen) atoms. The van der Waals surface area contributed by atoms with Crippen LogP contribution < -0.4 is 15.0 Å². The Bertz CT molecular complexity index is 1050. The number of hydrogen-bond donors (Lipinski definition) is 1. The molecule has 0 aliphatic carbocycles. The average Bonchev–Trinajstić information content (AvgIpc) is 2.72. The number of nitriles is 1. The van der Waals surface area contributed by atoms with Crippen molar-refractivity contribution in [3.63, 3.8) is 0 Å². The number of benzene rings is 2. The molecule has 5 nitrogen and oxygen atoms in total. The van der Waals surface area contributed by atoms with E-state index in [2.05, 4.69) is 56.2 Å². The summed E-state index contributed by atoms with van der Waals surface area (Å²) in [7, 11) is 2.13. The molecule has 0 saturated carbocycles. The van der Waals surface area contributed by atoms with E-state index in [1.807, 2.05) is 13.8 Å². The minimum Gasteiger partial charge on any atom is -0.494 e. The summed E-state index contributed by atoms with van der Waals surface area (Å²) in [6.07, 6.45) is 2.73. The molecule has 3 rings (SSSR count). The number of carbonyl (C=O) groups excluding carboxylic acids is 1. The molecule has 162 valence electrons. The fourth-order valence-corrected chi connectivity index (χ4v) is 4.19. The van der Waals surface area contributed by atoms with Crippen molar-refractivity contribution in [1.29, 1.82) is 5.26 Å². The van der Waals surface area contributed by atoms with Crippen LogP contribution in [0.3, 0.4) is 0 Å². The zero-order valence-corrected chi connectivity index (χ0v) is 19.2. The molecular formula is C26H31N3O2. The van der Waals surface area contributed by atoms with Crippen LogP contribution in [0.2, 0.25) is 0 Å². The molecule has 1 heterocycles. The van der Waals surface area contributed by atoms with Gasteiger partial charge in [0, 0.05) is 24.0 Å². The van der Waals surface area contributed by atoms with Crippen molar-refractivity contribution in [2.45, 2.75) is 52.5 Å². The molecule has 1 N–H and O–H groups in total. The summed E-state index contributed by atoms with van der Waals surface area (Å²) >= 11 is 0. The second-order valence-corrected chi connectivity index (χ2v) is 8.83. The van der Waals surface area contributed by atoms with Gasteiger partial charge in [-0.15, -0.1) is 0 Å². The Morgan fingerprint density at radius 3 is 2.61 bits per heavy atom. The second-order valence-electron chi connectivity index (χ2n) is 8.83. The molecule has 1 aliphatic heterocycles. The van der Waals surface area contributed by atoms with Gasteiger partial charge >= 0.3 is 0 Å². The van der Waals surface area contributed by atoms with Crippen molar-refractivity contribution < 1.29 is 9.53 Å². The third-order valence-electron chi connectivity index (χ3n) is 6.11. The van der Waals surface area contributed by atoms with E-state index in [4.69, 9.17) is 4.74 Å². The summed E-state index contributed by atoms with van der Waals surface area (Å²) in [5.74, 6) is 0.718. The number of amides is 1. The van der Waals surface area contributed by atoms with Crippen LogP contribution in [0.5, 0.6) is 5.75 Å². The highest BCUT2D eigenvalue weighted by atomic mass is 16.5. The van der Waals surface area contributed by atoms with Crippen LogP contribution in [0.1, 0.15) is 56.7 Å². The summed E-state index contributed by atoms with van der Waals surface area (Å²) in [5, 5.41) is 12.4. The standard InChI is InChI=1S/C26H31N3O2/c1-7-31-22-10-8-21(9-11-22)28-25(30)20(16-27)13-19-14-23-18(3)15-26(4,5)29(6)24(23)12-17(19)2/h8-14,18H,7,15H2,1-6H3,(H,28,30)/b20-13+. The molecule has 0 bridgehead atoms. The monoisotopic (exact) mass is 417 g/mol. The van der Waals surface area contributed by atoms with Crippen LogP contribution >= 0.6 is 0 Å². The molecule has 0 radical (unpaired) electrons. The van der Waals surface area contributed by atoms with E-state index in [1.54, 1.807) is 30.3 Å². The molecular weight excluding hydrogens is 386 g/mol. The summed E-state index contributed by atoms with van der Waals surface area (Å²) < 4.78 is 5.42. The van der Waals surface area contributed by atoms with E-state index in [9.17, 15) is 10.1 Å². The largest absolute Gasteiger partial charge is 0.494 e. The van der Waals surface area contributed by atoms with Crippen molar-refractivity contribution in [2.24, 2.45) is 0 Å². The van der Waals surface area contributed by atoms with Gasteiger partial charge in [-0.25, -0.2) is 0 Å². The Morgan fingerprint density at radius 1 is 1.32 bits per heavy atom. The van der Waals surface area contributed by atoms with Crippen LogP contribution in [0.25, 0.3) is 6.08 Å². The van der Waals surface area contributed by atoms with Gasteiger partial charge in [-0.1, -0.05) is 6.92 Å². The van der Waals surface area contributed by atoms with Gasteiger partial charge < -0.3 is 15.0 Å². The number of anilines is 2. The van der Waals surface area contributed by atoms with Gasteiger partial charge in [0.15, 0.2) is 0 Å². The number of ether oxygens (including phenoxy) is 1. The van der Waals surface area contributed by atoms with Crippen LogP contribution in [0.15, 0.2) is 42.0 Å². The summed E-state index contributed by atoms with van der Waals surface area (Å²) in [6.45, 7) is 11.3. The third-order valence-corrected chi connectivity index (χ3v) is 6.11. The quantitative estimate of drug-likeness (QED) is 0.503. The highest BCUT2D eigenvalue weighted by Crippen LogP contribution is 2.43. The Labute approximate surface area is 185 Å². The van der Waals surface area contributed by atoms with Gasteiger partial charge in [-0.05, 0) is 99.2 Å². The highest BCUT2D eigenvalue weighted by molar-refractivity contribution is 6.09. The third kappa shape index (κ3) is 4.74. The molecule has 1 unspecified atom stereocenters. The van der Waals surface area contributed by atoms with E-state index in [1.165, 1.54) is 11.3 Å². The summed E-state index contributed by atoms with van der Waals surface area (Å²) in [5.41, 5.74) is 5.20. The molecule has 0 fully saturated rings. The maximum Gasteiger partial charge on any atom is 0.266 e. The molecule has 0 saturated heterocycles. The van der Waals surface area contributed by atoms with Crippen LogP contribution in [0.4, 0.5) is 11.4 Å². The summed E-state index contributed by atoms with van der Waals surface area (Å²) in [4.78, 5) is 15.0. The Kier molecular flexibility index (Phi) is 6.40. The van der Waals surface area contributed by atoms with Crippen molar-refractivity contribution in [3.05, 3.63) is 58.7 Å². The predicted molar refractivity (Wildman–Crippen MR) is 127 cm³/mol. The zero-order valence-electron chi connectivity index (χ0n) is 19.2. The number of nitrogens with zero attached hydrogens (tertiary/aromatic N) is 2. The molecule has 5 heteroatoms. The maximum absolute atomic E-state index is 12.7. The SMILES string of the molecule is CCOc1ccc(NC(=O)/C(C#N)=C/c2cc3c(cc2C)N(C)C(C)(C)CC3C)cc1. The lowest BCUT2D eigenvalue weighted by atomic mass is 9.79. The topological polar surface area (TPSA) is 65.4 Å². The van der Waals surface area contributed by atoms with Crippen molar-refractivity contribution in [2.75, 3.05) is 23.9 Å². The predicted octanol–water partition coefficient (Wildman–Crippen LogP) is 5.66. The number of rotatable bonds is 5. The van der Waals surface area contributed by atoms with Crippen molar-refractivity contribution in [1.82, 2.24) is 0 Å². The normalized spacial score (nSPS) is 17.5. The average molecular weight is 418 g/mol. The highest BCUT2D eigenvalue weighted by Gasteiger charge is 2.34. The first kappa shape index (κ1) is 22.4. The van der Waals surface area contributed by atoms with E-state index in [0.717, 1.165) is 23.3 Å². The van der Waals surface area contributed by atoms with Gasteiger partial charge in [0.2, 0.25) is 0 Å². The van der Waals surface area contributed by atoms with Crippen molar-refractivity contribution in [3.8, 4) is 11.8 Å². The van der Waals surface area contributed by atoms with E-state index in [0.29, 0.717) is 18.2 Å². The van der Waals surface area contributed by atoms with Gasteiger partial charge in [-0.2, -0.15) is 5.26 Å². The first-order valence-corrected chi connectivity index (χ1v) is 10.7. The molecule has 0 spiro atoms. The van der Waals surface area contributed by atoms with E-state index < -0.39 is 5.91 Å². The number of aryl methyl sites for hydroxylation is 1. The first-order chi connectivity index (χ1) is 14.7. The lowest BCUT2D eigenvalue weighted by Gasteiger charge is -2.45. The van der Waals surface area contributed by atoms with Gasteiger partial charge in [0.25, 0.3) is 5.91 Å². The zero-order chi connectivity index (χ0) is 22.8. The number of fused-ring (bicyclic) bond motifs is 1. The molecule has 0 aromatic heterocycles.